The molecule has 0 saturated carbocycles. The van der Waals surface area contributed by atoms with Crippen LogP contribution in [0.5, 0.6) is 0 Å². The Hall–Kier alpha value is -2.87. The third kappa shape index (κ3) is 4.40. The van der Waals surface area contributed by atoms with Gasteiger partial charge in [0.05, 0.1) is 6.54 Å². The highest BCUT2D eigenvalue weighted by Gasteiger charge is 2.40. The molecule has 0 bridgehead atoms. The van der Waals surface area contributed by atoms with Crippen molar-refractivity contribution >= 4 is 5.69 Å². The summed E-state index contributed by atoms with van der Waals surface area (Å²) in [5.41, 5.74) is 0.913. The number of nitrogens with one attached hydrogen (secondary N) is 1. The molecule has 0 aliphatic rings. The number of anilines is 1. The fourth-order valence-electron chi connectivity index (χ4n) is 2.46. The molecule has 1 heterocycles. The summed E-state index contributed by atoms with van der Waals surface area (Å²) in [6.45, 7) is 0.0450. The minimum absolute atomic E-state index is 0.0450. The number of benzene rings is 2. The highest BCUT2D eigenvalue weighted by atomic mass is 19.4. The van der Waals surface area contributed by atoms with E-state index in [1.54, 1.807) is 6.07 Å². The molecule has 2 aromatic carbocycles. The number of alkyl halides is 3. The van der Waals surface area contributed by atoms with Crippen molar-refractivity contribution in [3.8, 4) is 0 Å². The Bertz CT molecular complexity index is 850. The predicted octanol–water partition coefficient (Wildman–Crippen LogP) is 3.87. The van der Waals surface area contributed by atoms with Crippen molar-refractivity contribution in [3.05, 3.63) is 77.4 Å². The number of aromatic nitrogens is 2. The number of para-hydroxylation sites is 1. The first kappa shape index (κ1) is 17.9. The second kappa shape index (κ2) is 7.57. The Kier molecular flexibility index (Phi) is 5.22. The van der Waals surface area contributed by atoms with Crippen LogP contribution in [-0.4, -0.2) is 21.4 Å². The lowest BCUT2D eigenvalue weighted by molar-refractivity contribution is -0.206. The van der Waals surface area contributed by atoms with E-state index in [4.69, 9.17) is 4.52 Å². The molecule has 26 heavy (non-hydrogen) atoms. The first-order chi connectivity index (χ1) is 12.4. The zero-order valence-electron chi connectivity index (χ0n) is 13.6. The average Bonchev–Trinajstić information content (AvgIpc) is 3.07. The van der Waals surface area contributed by atoms with E-state index in [0.717, 1.165) is 5.56 Å². The highest BCUT2D eigenvalue weighted by molar-refractivity contribution is 5.52. The number of aliphatic hydroxyl groups excluding tert-OH is 1. The molecular weight excluding hydrogens is 347 g/mol. The van der Waals surface area contributed by atoms with E-state index < -0.39 is 12.3 Å². The fraction of sp³-hybridized carbons (Fsp3) is 0.222. The van der Waals surface area contributed by atoms with Gasteiger partial charge in [-0.1, -0.05) is 53.7 Å². The molecule has 0 aliphatic carbocycles. The maximum absolute atomic E-state index is 12.8. The quantitative estimate of drug-likeness (QED) is 0.696. The highest BCUT2D eigenvalue weighted by Crippen LogP contribution is 2.36. The monoisotopic (exact) mass is 363 g/mol. The molecule has 0 saturated heterocycles. The summed E-state index contributed by atoms with van der Waals surface area (Å²) in [7, 11) is 0. The maximum Gasteiger partial charge on any atom is 0.418 e. The number of rotatable bonds is 6. The van der Waals surface area contributed by atoms with E-state index in [1.165, 1.54) is 18.2 Å². The van der Waals surface area contributed by atoms with Crippen LogP contribution in [0.1, 0.15) is 28.9 Å². The Morgan fingerprint density at radius 2 is 1.73 bits per heavy atom. The Morgan fingerprint density at radius 1 is 1.04 bits per heavy atom. The van der Waals surface area contributed by atoms with Crippen LogP contribution in [-0.2, 0) is 13.0 Å². The molecular formula is C18H16F3N3O2. The third-order valence-corrected chi connectivity index (χ3v) is 3.71. The number of nitrogens with zero attached hydrogens (tertiary/aromatic N) is 2. The molecule has 0 spiro atoms. The van der Waals surface area contributed by atoms with Crippen molar-refractivity contribution < 1.29 is 22.8 Å². The molecule has 1 atom stereocenters. The number of hydrogen-bond acceptors (Lipinski definition) is 5. The van der Waals surface area contributed by atoms with Crippen LogP contribution in [0.3, 0.4) is 0 Å². The topological polar surface area (TPSA) is 71.2 Å². The molecule has 0 unspecified atom stereocenters. The minimum atomic E-state index is -4.74. The number of aliphatic hydroxyl groups is 1. The summed E-state index contributed by atoms with van der Waals surface area (Å²) in [4.78, 5) is 4.22. The lowest BCUT2D eigenvalue weighted by Crippen LogP contribution is -2.21. The van der Waals surface area contributed by atoms with E-state index in [9.17, 15) is 18.3 Å². The van der Waals surface area contributed by atoms with Crippen LogP contribution in [0.4, 0.5) is 18.9 Å². The number of hydrogen-bond donors (Lipinski definition) is 2. The van der Waals surface area contributed by atoms with E-state index in [1.807, 2.05) is 30.3 Å². The van der Waals surface area contributed by atoms with Gasteiger partial charge < -0.3 is 14.9 Å². The second-order valence-electron chi connectivity index (χ2n) is 5.65. The summed E-state index contributed by atoms with van der Waals surface area (Å²) in [5, 5.41) is 16.2. The van der Waals surface area contributed by atoms with Crippen LogP contribution < -0.4 is 5.32 Å². The zero-order chi connectivity index (χ0) is 18.6. The summed E-state index contributed by atoms with van der Waals surface area (Å²) in [5.74, 6) is 0.726. The molecule has 3 aromatic rings. The van der Waals surface area contributed by atoms with Crippen molar-refractivity contribution in [2.45, 2.75) is 25.2 Å². The smallest absolute Gasteiger partial charge is 0.379 e. The van der Waals surface area contributed by atoms with Crippen molar-refractivity contribution in [1.29, 1.82) is 0 Å². The summed E-state index contributed by atoms with van der Waals surface area (Å²) in [6.07, 6.45) is -6.82. The third-order valence-electron chi connectivity index (χ3n) is 3.71. The second-order valence-corrected chi connectivity index (χ2v) is 5.65. The first-order valence-electron chi connectivity index (χ1n) is 7.86. The molecule has 5 nitrogen and oxygen atoms in total. The number of halogens is 3. The van der Waals surface area contributed by atoms with Gasteiger partial charge in [0.1, 0.15) is 0 Å². The van der Waals surface area contributed by atoms with Crippen LogP contribution in [0.15, 0.2) is 59.1 Å². The van der Waals surface area contributed by atoms with Crippen molar-refractivity contribution in [2.75, 3.05) is 5.32 Å². The Balaban J connectivity index is 1.67. The Labute approximate surface area is 147 Å². The van der Waals surface area contributed by atoms with Crippen molar-refractivity contribution in [1.82, 2.24) is 10.1 Å². The molecule has 1 aromatic heterocycles. The molecule has 0 radical (unpaired) electrons. The van der Waals surface area contributed by atoms with Gasteiger partial charge in [-0.2, -0.15) is 18.2 Å². The van der Waals surface area contributed by atoms with Gasteiger partial charge in [-0.15, -0.1) is 0 Å². The minimum Gasteiger partial charge on any atom is -0.379 e. The van der Waals surface area contributed by atoms with Crippen LogP contribution >= 0.6 is 0 Å². The first-order valence-corrected chi connectivity index (χ1v) is 7.86. The standard InChI is InChI=1S/C18H16F3N3O2/c19-18(20,21)17(25)13-8-4-5-9-14(13)22-11-16-23-15(24-26-16)10-12-6-2-1-3-7-12/h1-9,17,22,25H,10-11H2/t17-/m0/s1. The summed E-state index contributed by atoms with van der Waals surface area (Å²) < 4.78 is 43.4. The largest absolute Gasteiger partial charge is 0.418 e. The lowest BCUT2D eigenvalue weighted by Gasteiger charge is -2.18. The van der Waals surface area contributed by atoms with Gasteiger partial charge in [0, 0.05) is 17.7 Å². The predicted molar refractivity (Wildman–Crippen MR) is 88.3 cm³/mol. The normalized spacial score (nSPS) is 12.8. The SMILES string of the molecule is O[C@@H](c1ccccc1NCc1nc(Cc2ccccc2)no1)C(F)(F)F. The van der Waals surface area contributed by atoms with Crippen LogP contribution in [0.25, 0.3) is 0 Å². The van der Waals surface area contributed by atoms with E-state index in [2.05, 4.69) is 15.5 Å². The molecule has 8 heteroatoms. The van der Waals surface area contributed by atoms with Crippen LogP contribution in [0, 0.1) is 0 Å². The van der Waals surface area contributed by atoms with Crippen molar-refractivity contribution in [3.63, 3.8) is 0 Å². The summed E-state index contributed by atoms with van der Waals surface area (Å²) in [6, 6.07) is 15.2. The fourth-order valence-corrected chi connectivity index (χ4v) is 2.46. The van der Waals surface area contributed by atoms with E-state index in [0.29, 0.717) is 12.2 Å². The Morgan fingerprint density at radius 3 is 2.46 bits per heavy atom. The van der Waals surface area contributed by atoms with Gasteiger partial charge in [0.25, 0.3) is 0 Å². The van der Waals surface area contributed by atoms with Crippen LogP contribution in [0.2, 0.25) is 0 Å². The average molecular weight is 363 g/mol. The van der Waals surface area contributed by atoms with Gasteiger partial charge in [0.15, 0.2) is 11.9 Å². The maximum atomic E-state index is 12.8. The lowest BCUT2D eigenvalue weighted by atomic mass is 10.1. The van der Waals surface area contributed by atoms with E-state index in [-0.39, 0.29) is 23.7 Å². The van der Waals surface area contributed by atoms with Gasteiger partial charge in [0.2, 0.25) is 5.89 Å². The molecule has 136 valence electrons. The molecule has 0 amide bonds. The van der Waals surface area contributed by atoms with Crippen molar-refractivity contribution in [2.24, 2.45) is 0 Å². The zero-order valence-corrected chi connectivity index (χ0v) is 13.6. The summed E-state index contributed by atoms with van der Waals surface area (Å²) >= 11 is 0. The molecule has 2 N–H and O–H groups in total. The van der Waals surface area contributed by atoms with Gasteiger partial charge in [-0.05, 0) is 11.6 Å². The molecule has 3 rings (SSSR count). The molecule has 0 aliphatic heterocycles. The van der Waals surface area contributed by atoms with Gasteiger partial charge >= 0.3 is 6.18 Å². The van der Waals surface area contributed by atoms with Gasteiger partial charge in [-0.25, -0.2) is 0 Å². The van der Waals surface area contributed by atoms with E-state index >= 15 is 0 Å². The van der Waals surface area contributed by atoms with Gasteiger partial charge in [-0.3, -0.25) is 0 Å². The molecule has 0 fully saturated rings.